The van der Waals surface area contributed by atoms with Gasteiger partial charge in [0.25, 0.3) is 5.91 Å². The van der Waals surface area contributed by atoms with Crippen LogP contribution in [0.4, 0.5) is 10.1 Å². The van der Waals surface area contributed by atoms with E-state index in [0.29, 0.717) is 22.7 Å². The zero-order valence-electron chi connectivity index (χ0n) is 17.5. The number of ether oxygens (including phenoxy) is 1. The minimum Gasteiger partial charge on any atom is -0.481 e. The summed E-state index contributed by atoms with van der Waals surface area (Å²) in [7, 11) is 0. The Morgan fingerprint density at radius 1 is 0.848 bits per heavy atom. The summed E-state index contributed by atoms with van der Waals surface area (Å²) in [5, 5.41) is 2.73. The molecule has 0 saturated heterocycles. The van der Waals surface area contributed by atoms with Gasteiger partial charge in [0.15, 0.2) is 23.8 Å². The summed E-state index contributed by atoms with van der Waals surface area (Å²) < 4.78 is 24.7. The molecular formula is C27H19FN2O3. The highest BCUT2D eigenvalue weighted by Gasteiger charge is 2.11. The van der Waals surface area contributed by atoms with Gasteiger partial charge in [-0.15, -0.1) is 0 Å². The predicted octanol–water partition coefficient (Wildman–Crippen LogP) is 6.32. The fourth-order valence-electron chi connectivity index (χ4n) is 3.47. The quantitative estimate of drug-likeness (QED) is 0.337. The summed E-state index contributed by atoms with van der Waals surface area (Å²) in [5.41, 5.74) is 4.88. The maximum atomic E-state index is 13.6. The largest absolute Gasteiger partial charge is 0.481 e. The van der Waals surface area contributed by atoms with Gasteiger partial charge in [-0.1, -0.05) is 54.6 Å². The van der Waals surface area contributed by atoms with E-state index in [0.717, 1.165) is 16.7 Å². The molecule has 0 aliphatic carbocycles. The van der Waals surface area contributed by atoms with Crippen LogP contribution >= 0.6 is 0 Å². The number of nitrogens with zero attached hydrogens (tertiary/aromatic N) is 1. The molecule has 5 nitrogen and oxygen atoms in total. The normalized spacial score (nSPS) is 10.8. The van der Waals surface area contributed by atoms with Gasteiger partial charge in [0.05, 0.1) is 0 Å². The first-order valence-corrected chi connectivity index (χ1v) is 10.4. The lowest BCUT2D eigenvalue weighted by molar-refractivity contribution is -0.118. The Hall–Kier alpha value is -4.45. The van der Waals surface area contributed by atoms with E-state index in [-0.39, 0.29) is 12.4 Å². The van der Waals surface area contributed by atoms with Crippen LogP contribution in [0.15, 0.2) is 101 Å². The van der Waals surface area contributed by atoms with Crippen molar-refractivity contribution in [3.05, 3.63) is 103 Å². The van der Waals surface area contributed by atoms with Crippen LogP contribution in [-0.2, 0) is 4.79 Å². The number of hydrogen-bond donors (Lipinski definition) is 1. The molecule has 0 radical (unpaired) electrons. The number of carbonyl (C=O) groups excluding carboxylic acids is 1. The second-order valence-corrected chi connectivity index (χ2v) is 7.41. The number of para-hydroxylation sites is 1. The maximum Gasteiger partial charge on any atom is 0.262 e. The number of halogens is 1. The number of fused-ring (bicyclic) bond motifs is 1. The molecule has 6 heteroatoms. The van der Waals surface area contributed by atoms with Gasteiger partial charge < -0.3 is 14.5 Å². The first kappa shape index (κ1) is 20.5. The van der Waals surface area contributed by atoms with E-state index in [1.807, 2.05) is 42.5 Å². The van der Waals surface area contributed by atoms with Gasteiger partial charge in [0.1, 0.15) is 5.52 Å². The van der Waals surface area contributed by atoms with Crippen molar-refractivity contribution in [2.75, 3.05) is 11.9 Å². The first-order valence-electron chi connectivity index (χ1n) is 10.4. The number of aromatic nitrogens is 1. The summed E-state index contributed by atoms with van der Waals surface area (Å²) in [4.78, 5) is 16.8. The number of amides is 1. The number of hydrogen-bond acceptors (Lipinski definition) is 4. The molecule has 0 atom stereocenters. The first-order chi connectivity index (χ1) is 16.2. The van der Waals surface area contributed by atoms with E-state index >= 15 is 0 Å². The third kappa shape index (κ3) is 4.60. The number of anilines is 1. The summed E-state index contributed by atoms with van der Waals surface area (Å²) in [6, 6.07) is 29.3. The van der Waals surface area contributed by atoms with Crippen molar-refractivity contribution >= 4 is 22.7 Å². The van der Waals surface area contributed by atoms with Crippen LogP contribution in [0, 0.1) is 5.82 Å². The molecule has 5 aromatic rings. The van der Waals surface area contributed by atoms with Gasteiger partial charge in [-0.25, -0.2) is 9.37 Å². The Kier molecular flexibility index (Phi) is 5.55. The van der Waals surface area contributed by atoms with Crippen molar-refractivity contribution in [3.8, 4) is 28.3 Å². The summed E-state index contributed by atoms with van der Waals surface area (Å²) >= 11 is 0. The second-order valence-electron chi connectivity index (χ2n) is 7.41. The fraction of sp³-hybridized carbons (Fsp3) is 0.0370. The minimum absolute atomic E-state index is 0.0301. The molecule has 33 heavy (non-hydrogen) atoms. The molecule has 0 aliphatic rings. The molecule has 0 aliphatic heterocycles. The van der Waals surface area contributed by atoms with Crippen molar-refractivity contribution in [1.82, 2.24) is 4.98 Å². The third-order valence-electron chi connectivity index (χ3n) is 5.11. The number of carbonyl (C=O) groups is 1. The van der Waals surface area contributed by atoms with Gasteiger partial charge in [0, 0.05) is 11.3 Å². The zero-order valence-corrected chi connectivity index (χ0v) is 17.5. The molecule has 1 aromatic heterocycles. The van der Waals surface area contributed by atoms with Crippen molar-refractivity contribution in [3.63, 3.8) is 0 Å². The molecule has 162 valence electrons. The van der Waals surface area contributed by atoms with Gasteiger partial charge in [-0.05, 0) is 53.6 Å². The predicted molar refractivity (Wildman–Crippen MR) is 125 cm³/mol. The van der Waals surface area contributed by atoms with Crippen LogP contribution in [-0.4, -0.2) is 17.5 Å². The Morgan fingerprint density at radius 3 is 2.33 bits per heavy atom. The van der Waals surface area contributed by atoms with E-state index in [4.69, 9.17) is 9.15 Å². The molecule has 0 bridgehead atoms. The Bertz CT molecular complexity index is 1410. The van der Waals surface area contributed by atoms with Gasteiger partial charge in [-0.3, -0.25) is 4.79 Å². The van der Waals surface area contributed by atoms with Crippen LogP contribution in [0.25, 0.3) is 33.7 Å². The smallest absolute Gasteiger partial charge is 0.262 e. The van der Waals surface area contributed by atoms with E-state index in [2.05, 4.69) is 22.4 Å². The fourth-order valence-corrected chi connectivity index (χ4v) is 3.47. The van der Waals surface area contributed by atoms with E-state index < -0.39 is 11.7 Å². The molecule has 1 N–H and O–H groups in total. The van der Waals surface area contributed by atoms with Crippen molar-refractivity contribution in [2.45, 2.75) is 0 Å². The highest BCUT2D eigenvalue weighted by molar-refractivity contribution is 5.94. The van der Waals surface area contributed by atoms with Crippen LogP contribution in [0.2, 0.25) is 0 Å². The summed E-state index contributed by atoms with van der Waals surface area (Å²) in [5.74, 6) is -0.394. The third-order valence-corrected chi connectivity index (χ3v) is 5.11. The molecule has 0 unspecified atom stereocenters. The van der Waals surface area contributed by atoms with E-state index in [9.17, 15) is 9.18 Å². The second kappa shape index (κ2) is 8.96. The van der Waals surface area contributed by atoms with Crippen LogP contribution in [0.3, 0.4) is 0 Å². The highest BCUT2D eigenvalue weighted by Crippen LogP contribution is 2.28. The molecule has 4 aromatic carbocycles. The highest BCUT2D eigenvalue weighted by atomic mass is 19.1. The maximum absolute atomic E-state index is 13.6. The number of rotatable bonds is 6. The molecule has 5 rings (SSSR count). The van der Waals surface area contributed by atoms with Crippen molar-refractivity contribution in [2.24, 2.45) is 0 Å². The lowest BCUT2D eigenvalue weighted by Crippen LogP contribution is -2.20. The molecule has 1 heterocycles. The lowest BCUT2D eigenvalue weighted by atomic mass is 10.0. The van der Waals surface area contributed by atoms with Gasteiger partial charge >= 0.3 is 0 Å². The monoisotopic (exact) mass is 438 g/mol. The average Bonchev–Trinajstić information content (AvgIpc) is 3.28. The van der Waals surface area contributed by atoms with Gasteiger partial charge in [0.2, 0.25) is 5.89 Å². The van der Waals surface area contributed by atoms with Crippen LogP contribution in [0.5, 0.6) is 5.75 Å². The van der Waals surface area contributed by atoms with Crippen LogP contribution in [0.1, 0.15) is 0 Å². The topological polar surface area (TPSA) is 64.4 Å². The van der Waals surface area contributed by atoms with Gasteiger partial charge in [-0.2, -0.15) is 0 Å². The molecule has 0 spiro atoms. The summed E-state index contributed by atoms with van der Waals surface area (Å²) in [6.07, 6.45) is 0. The number of nitrogens with one attached hydrogen (secondary N) is 1. The zero-order chi connectivity index (χ0) is 22.6. The standard InChI is InChI=1S/C27H19FN2O3/c28-22-8-4-5-9-24(22)32-17-26(31)29-21-14-15-25-23(16-21)30-27(33-25)20-12-10-19(11-13-20)18-6-2-1-3-7-18/h1-16H,17H2,(H,29,31). The molecule has 1 amide bonds. The number of oxazole rings is 1. The Balaban J connectivity index is 1.28. The van der Waals surface area contributed by atoms with Crippen molar-refractivity contribution in [1.29, 1.82) is 0 Å². The lowest BCUT2D eigenvalue weighted by Gasteiger charge is -2.08. The Labute approximate surface area is 189 Å². The minimum atomic E-state index is -0.515. The average molecular weight is 438 g/mol. The Morgan fingerprint density at radius 2 is 1.55 bits per heavy atom. The summed E-state index contributed by atoms with van der Waals surface area (Å²) in [6.45, 7) is -0.309. The van der Waals surface area contributed by atoms with Crippen molar-refractivity contribution < 1.29 is 18.3 Å². The molecule has 0 saturated carbocycles. The molecule has 0 fully saturated rings. The van der Waals surface area contributed by atoms with E-state index in [1.165, 1.54) is 12.1 Å². The van der Waals surface area contributed by atoms with E-state index in [1.54, 1.807) is 30.3 Å². The number of benzene rings is 4. The SMILES string of the molecule is O=C(COc1ccccc1F)Nc1ccc2oc(-c3ccc(-c4ccccc4)cc3)nc2c1. The molecular weight excluding hydrogens is 419 g/mol. The van der Waals surface area contributed by atoms with Crippen LogP contribution < -0.4 is 10.1 Å².